The monoisotopic (exact) mass is 165 g/mol. The highest BCUT2D eigenvalue weighted by atomic mass is 16.1. The normalized spacial score (nSPS) is 10.8. The summed E-state index contributed by atoms with van der Waals surface area (Å²) < 4.78 is 0. The van der Waals surface area contributed by atoms with Crippen LogP contribution in [0.3, 0.4) is 0 Å². The molecule has 0 saturated heterocycles. The molecule has 0 radical (unpaired) electrons. The molecule has 0 amide bonds. The Morgan fingerprint density at radius 2 is 2.50 bits per heavy atom. The van der Waals surface area contributed by atoms with Gasteiger partial charge in [-0.15, -0.1) is 0 Å². The van der Waals surface area contributed by atoms with Gasteiger partial charge in [-0.05, 0) is 6.92 Å². The van der Waals surface area contributed by atoms with Crippen molar-refractivity contribution >= 4 is 5.69 Å². The molecule has 3 N–H and O–H groups in total. The fourth-order valence-corrected chi connectivity index (χ4v) is 0.775. The molecule has 0 bridgehead atoms. The molecule has 1 heterocycles. The van der Waals surface area contributed by atoms with Crippen LogP contribution in [0.5, 0.6) is 0 Å². The molecule has 0 aliphatic carbocycles. The van der Waals surface area contributed by atoms with E-state index >= 15 is 0 Å². The highest BCUT2D eigenvalue weighted by molar-refractivity contribution is 5.30. The molecule has 0 aliphatic rings. The van der Waals surface area contributed by atoms with Gasteiger partial charge in [0.1, 0.15) is 11.5 Å². The molecular formula is C8H11N3O. The molecule has 0 unspecified atom stereocenters. The summed E-state index contributed by atoms with van der Waals surface area (Å²) in [5.74, 6) is 0.632. The predicted molar refractivity (Wildman–Crippen MR) is 47.8 cm³/mol. The van der Waals surface area contributed by atoms with Gasteiger partial charge in [0.15, 0.2) is 0 Å². The van der Waals surface area contributed by atoms with Crippen molar-refractivity contribution in [2.24, 2.45) is 0 Å². The van der Waals surface area contributed by atoms with Crippen LogP contribution in [0, 0.1) is 0 Å². The van der Waals surface area contributed by atoms with Crippen LogP contribution in [0.2, 0.25) is 0 Å². The fraction of sp³-hybridized carbons (Fsp3) is 0.250. The minimum Gasteiger partial charge on any atom is -0.393 e. The minimum absolute atomic E-state index is 0.152. The van der Waals surface area contributed by atoms with E-state index in [2.05, 4.69) is 9.97 Å². The number of nitrogen functional groups attached to an aromatic ring is 1. The minimum atomic E-state index is -0.274. The van der Waals surface area contributed by atoms with Crippen molar-refractivity contribution in [2.45, 2.75) is 13.3 Å². The van der Waals surface area contributed by atoms with Gasteiger partial charge in [0.05, 0.1) is 6.20 Å². The fourth-order valence-electron chi connectivity index (χ4n) is 0.775. The highest BCUT2D eigenvalue weighted by Crippen LogP contribution is 1.91. The second kappa shape index (κ2) is 3.71. The van der Waals surface area contributed by atoms with Gasteiger partial charge in [-0.1, -0.05) is 12.2 Å². The van der Waals surface area contributed by atoms with Crippen molar-refractivity contribution in [3.63, 3.8) is 0 Å². The van der Waals surface area contributed by atoms with Gasteiger partial charge in [-0.2, -0.15) is 0 Å². The summed E-state index contributed by atoms with van der Waals surface area (Å²) in [6.07, 6.45) is 5.81. The second-order valence-corrected chi connectivity index (χ2v) is 2.39. The van der Waals surface area contributed by atoms with Crippen LogP contribution in [0.4, 0.5) is 5.69 Å². The molecule has 1 rings (SSSR count). The first-order chi connectivity index (χ1) is 5.74. The van der Waals surface area contributed by atoms with Crippen molar-refractivity contribution in [2.75, 3.05) is 5.73 Å². The summed E-state index contributed by atoms with van der Waals surface area (Å²) in [5, 5.41) is 0. The van der Waals surface area contributed by atoms with Crippen molar-refractivity contribution in [3.8, 4) is 0 Å². The zero-order valence-electron chi connectivity index (χ0n) is 6.87. The SMILES string of the molecule is C/C=C/Cc1ncc(N)c(=O)[nH]1. The van der Waals surface area contributed by atoms with Gasteiger partial charge in [0.2, 0.25) is 0 Å². The number of allylic oxidation sites excluding steroid dienone is 2. The number of aromatic nitrogens is 2. The Labute approximate surface area is 70.1 Å². The van der Waals surface area contributed by atoms with E-state index in [1.165, 1.54) is 6.20 Å². The van der Waals surface area contributed by atoms with E-state index in [1.54, 1.807) is 0 Å². The first-order valence-corrected chi connectivity index (χ1v) is 3.69. The Hall–Kier alpha value is -1.58. The lowest BCUT2D eigenvalue weighted by Crippen LogP contribution is -2.14. The number of hydrogen-bond acceptors (Lipinski definition) is 3. The maximum absolute atomic E-state index is 11.0. The van der Waals surface area contributed by atoms with Gasteiger partial charge in [0.25, 0.3) is 5.56 Å². The van der Waals surface area contributed by atoms with E-state index in [9.17, 15) is 4.79 Å². The van der Waals surface area contributed by atoms with Crippen LogP contribution in [0.1, 0.15) is 12.7 Å². The molecule has 4 heteroatoms. The zero-order valence-corrected chi connectivity index (χ0v) is 6.87. The van der Waals surface area contributed by atoms with Gasteiger partial charge in [-0.3, -0.25) is 4.79 Å². The summed E-state index contributed by atoms with van der Waals surface area (Å²) >= 11 is 0. The summed E-state index contributed by atoms with van der Waals surface area (Å²) in [7, 11) is 0. The molecule has 12 heavy (non-hydrogen) atoms. The number of nitrogens with one attached hydrogen (secondary N) is 1. The van der Waals surface area contributed by atoms with Crippen LogP contribution in [-0.2, 0) is 6.42 Å². The molecule has 0 spiro atoms. The Kier molecular flexibility index (Phi) is 2.63. The summed E-state index contributed by atoms with van der Waals surface area (Å²) in [4.78, 5) is 17.5. The number of hydrogen-bond donors (Lipinski definition) is 2. The first-order valence-electron chi connectivity index (χ1n) is 3.69. The lowest BCUT2D eigenvalue weighted by Gasteiger charge is -1.95. The molecule has 1 aromatic heterocycles. The van der Waals surface area contributed by atoms with E-state index in [-0.39, 0.29) is 11.2 Å². The van der Waals surface area contributed by atoms with E-state index in [0.717, 1.165) is 0 Å². The maximum atomic E-state index is 11.0. The topological polar surface area (TPSA) is 71.8 Å². The molecular weight excluding hydrogens is 154 g/mol. The van der Waals surface area contributed by atoms with Crippen LogP contribution in [0.15, 0.2) is 23.1 Å². The lowest BCUT2D eigenvalue weighted by atomic mass is 10.3. The summed E-state index contributed by atoms with van der Waals surface area (Å²) in [6, 6.07) is 0. The zero-order chi connectivity index (χ0) is 8.97. The lowest BCUT2D eigenvalue weighted by molar-refractivity contribution is 0.967. The molecule has 64 valence electrons. The average Bonchev–Trinajstić information content (AvgIpc) is 2.07. The number of rotatable bonds is 2. The standard InChI is InChI=1S/C8H11N3O/c1-2-3-4-7-10-5-6(9)8(12)11-7/h2-3,5H,4,9H2,1H3,(H,10,11,12)/b3-2+. The van der Waals surface area contributed by atoms with Gasteiger partial charge < -0.3 is 10.7 Å². The summed E-state index contributed by atoms with van der Waals surface area (Å²) in [6.45, 7) is 1.91. The number of H-pyrrole nitrogens is 1. The predicted octanol–water partition coefficient (Wildman–Crippen LogP) is 0.471. The van der Waals surface area contributed by atoms with Crippen molar-refractivity contribution in [1.29, 1.82) is 0 Å². The third kappa shape index (κ3) is 1.95. The van der Waals surface area contributed by atoms with E-state index < -0.39 is 0 Å². The highest BCUT2D eigenvalue weighted by Gasteiger charge is 1.95. The van der Waals surface area contributed by atoms with Crippen molar-refractivity contribution in [1.82, 2.24) is 9.97 Å². The average molecular weight is 165 g/mol. The third-order valence-electron chi connectivity index (χ3n) is 1.43. The quantitative estimate of drug-likeness (QED) is 0.626. The molecule has 0 aromatic carbocycles. The Balaban J connectivity index is 2.90. The van der Waals surface area contributed by atoms with Gasteiger partial charge >= 0.3 is 0 Å². The third-order valence-corrected chi connectivity index (χ3v) is 1.43. The van der Waals surface area contributed by atoms with E-state index in [4.69, 9.17) is 5.73 Å². The Morgan fingerprint density at radius 1 is 1.75 bits per heavy atom. The van der Waals surface area contributed by atoms with Crippen LogP contribution in [-0.4, -0.2) is 9.97 Å². The number of nitrogens with zero attached hydrogens (tertiary/aromatic N) is 1. The van der Waals surface area contributed by atoms with Crippen LogP contribution in [0.25, 0.3) is 0 Å². The van der Waals surface area contributed by atoms with Crippen LogP contribution < -0.4 is 11.3 Å². The smallest absolute Gasteiger partial charge is 0.274 e. The van der Waals surface area contributed by atoms with Crippen molar-refractivity contribution in [3.05, 3.63) is 34.5 Å². The van der Waals surface area contributed by atoms with Crippen LogP contribution >= 0.6 is 0 Å². The second-order valence-electron chi connectivity index (χ2n) is 2.39. The molecule has 0 aliphatic heterocycles. The Bertz CT molecular complexity index is 340. The van der Waals surface area contributed by atoms with Gasteiger partial charge in [-0.25, -0.2) is 4.98 Å². The molecule has 4 nitrogen and oxygen atoms in total. The number of nitrogens with two attached hydrogens (primary N) is 1. The molecule has 0 atom stereocenters. The maximum Gasteiger partial charge on any atom is 0.274 e. The van der Waals surface area contributed by atoms with E-state index in [0.29, 0.717) is 12.2 Å². The largest absolute Gasteiger partial charge is 0.393 e. The first kappa shape index (κ1) is 8.52. The summed E-state index contributed by atoms with van der Waals surface area (Å²) in [5.41, 5.74) is 5.17. The van der Waals surface area contributed by atoms with Crippen molar-refractivity contribution < 1.29 is 0 Å². The molecule has 1 aromatic rings. The number of anilines is 1. The van der Waals surface area contributed by atoms with Gasteiger partial charge in [0, 0.05) is 6.42 Å². The Morgan fingerprint density at radius 3 is 3.08 bits per heavy atom. The molecule has 0 fully saturated rings. The number of aromatic amines is 1. The van der Waals surface area contributed by atoms with E-state index in [1.807, 2.05) is 19.1 Å². The molecule has 0 saturated carbocycles.